The van der Waals surface area contributed by atoms with Gasteiger partial charge < -0.3 is 15.4 Å². The molecule has 0 spiro atoms. The van der Waals surface area contributed by atoms with E-state index in [0.717, 1.165) is 12.1 Å². The van der Waals surface area contributed by atoms with Crippen molar-refractivity contribution in [3.8, 4) is 5.75 Å². The molecule has 0 atom stereocenters. The Hall–Kier alpha value is -1.47. The highest BCUT2D eigenvalue weighted by molar-refractivity contribution is 5.94. The Morgan fingerprint density at radius 2 is 1.83 bits per heavy atom. The maximum atomic E-state index is 11.9. The van der Waals surface area contributed by atoms with Crippen LogP contribution >= 0.6 is 12.4 Å². The fourth-order valence-corrected chi connectivity index (χ4v) is 1.15. The summed E-state index contributed by atoms with van der Waals surface area (Å²) in [5.74, 6) is -0.677. The summed E-state index contributed by atoms with van der Waals surface area (Å²) in [6, 6.07) is 4.94. The van der Waals surface area contributed by atoms with Crippen molar-refractivity contribution >= 4 is 24.0 Å². The number of carbonyl (C=O) groups excluding carboxylic acids is 1. The first kappa shape index (κ1) is 16.5. The van der Waals surface area contributed by atoms with Gasteiger partial charge in [-0.1, -0.05) is 0 Å². The molecule has 0 aliphatic carbocycles. The number of benzene rings is 1. The second kappa shape index (κ2) is 6.46. The molecule has 4 nitrogen and oxygen atoms in total. The van der Waals surface area contributed by atoms with Crippen LogP contribution in [0.4, 0.5) is 18.9 Å². The summed E-state index contributed by atoms with van der Waals surface area (Å²) >= 11 is 0. The molecule has 0 unspecified atom stereocenters. The summed E-state index contributed by atoms with van der Waals surface area (Å²) in [6.45, 7) is -0.169. The summed E-state index contributed by atoms with van der Waals surface area (Å²) < 4.78 is 39.3. The molecule has 2 N–H and O–H groups in total. The van der Waals surface area contributed by atoms with Crippen LogP contribution in [0.25, 0.3) is 0 Å². The van der Waals surface area contributed by atoms with Crippen molar-refractivity contribution < 1.29 is 22.7 Å². The summed E-state index contributed by atoms with van der Waals surface area (Å²) in [6.07, 6.45) is -4.72. The quantitative estimate of drug-likeness (QED) is 0.923. The molecule has 0 saturated heterocycles. The molecule has 1 amide bonds. The normalized spacial score (nSPS) is 10.5. The average Bonchev–Trinajstić information content (AvgIpc) is 2.26. The second-order valence-corrected chi connectivity index (χ2v) is 3.20. The molecule has 0 radical (unpaired) electrons. The number of carbonyl (C=O) groups is 1. The number of hydrogen-bond donors (Lipinski definition) is 1. The summed E-state index contributed by atoms with van der Waals surface area (Å²) in [7, 11) is 1.48. The maximum Gasteiger partial charge on any atom is 0.573 e. The number of rotatable bonds is 3. The van der Waals surface area contributed by atoms with Crippen LogP contribution in [0.2, 0.25) is 0 Å². The fourth-order valence-electron chi connectivity index (χ4n) is 1.15. The van der Waals surface area contributed by atoms with E-state index in [0.29, 0.717) is 5.69 Å². The highest BCUT2D eigenvalue weighted by Crippen LogP contribution is 2.24. The van der Waals surface area contributed by atoms with Crippen LogP contribution in [-0.2, 0) is 4.79 Å². The number of amides is 1. The standard InChI is InChI=1S/C10H11F3N2O2.ClH/c1-15(9(16)6-14)7-2-4-8(5-3-7)17-10(11,12)13;/h2-5H,6,14H2,1H3;1H. The third-order valence-electron chi connectivity index (χ3n) is 2.01. The van der Waals surface area contributed by atoms with Crippen LogP contribution in [0.1, 0.15) is 0 Å². The Bertz CT molecular complexity index is 395. The molecule has 0 heterocycles. The van der Waals surface area contributed by atoms with Crippen LogP contribution in [0.3, 0.4) is 0 Å². The predicted octanol–water partition coefficient (Wildman–Crippen LogP) is 1.93. The Balaban J connectivity index is 0.00000289. The van der Waals surface area contributed by atoms with Crippen molar-refractivity contribution in [3.63, 3.8) is 0 Å². The van der Waals surface area contributed by atoms with E-state index in [1.54, 1.807) is 0 Å². The average molecular weight is 285 g/mol. The minimum absolute atomic E-state index is 0. The molecule has 0 saturated carbocycles. The summed E-state index contributed by atoms with van der Waals surface area (Å²) in [5, 5.41) is 0. The zero-order valence-electron chi connectivity index (χ0n) is 9.40. The van der Waals surface area contributed by atoms with E-state index < -0.39 is 6.36 Å². The van der Waals surface area contributed by atoms with Gasteiger partial charge in [0.25, 0.3) is 0 Å². The first-order valence-electron chi connectivity index (χ1n) is 4.66. The minimum Gasteiger partial charge on any atom is -0.406 e. The van der Waals surface area contributed by atoms with Gasteiger partial charge in [-0.25, -0.2) is 0 Å². The molecule has 0 bridgehead atoms. The lowest BCUT2D eigenvalue weighted by molar-refractivity contribution is -0.274. The number of likely N-dealkylation sites (N-methyl/N-ethyl adjacent to an activating group) is 1. The van der Waals surface area contributed by atoms with Crippen molar-refractivity contribution in [1.29, 1.82) is 0 Å². The van der Waals surface area contributed by atoms with Crippen molar-refractivity contribution in [2.45, 2.75) is 6.36 Å². The molecular formula is C10H12ClF3N2O2. The van der Waals surface area contributed by atoms with Crippen molar-refractivity contribution in [2.75, 3.05) is 18.5 Å². The van der Waals surface area contributed by atoms with Gasteiger partial charge in [0.05, 0.1) is 6.54 Å². The zero-order chi connectivity index (χ0) is 13.1. The molecule has 1 rings (SSSR count). The Kier molecular flexibility index (Phi) is 5.93. The molecule has 8 heteroatoms. The highest BCUT2D eigenvalue weighted by atomic mass is 35.5. The second-order valence-electron chi connectivity index (χ2n) is 3.20. The molecule has 1 aromatic rings. The lowest BCUT2D eigenvalue weighted by atomic mass is 10.3. The molecular weight excluding hydrogens is 273 g/mol. The van der Waals surface area contributed by atoms with E-state index in [-0.39, 0.29) is 30.6 Å². The molecule has 0 aliphatic heterocycles. The van der Waals surface area contributed by atoms with Crippen LogP contribution < -0.4 is 15.4 Å². The molecule has 102 valence electrons. The van der Waals surface area contributed by atoms with E-state index in [1.807, 2.05) is 0 Å². The van der Waals surface area contributed by atoms with Gasteiger partial charge >= 0.3 is 6.36 Å². The number of anilines is 1. The predicted molar refractivity (Wildman–Crippen MR) is 62.8 cm³/mol. The van der Waals surface area contributed by atoms with Gasteiger partial charge in [0.15, 0.2) is 0 Å². The van der Waals surface area contributed by atoms with Crippen molar-refractivity contribution in [3.05, 3.63) is 24.3 Å². The number of hydrogen-bond acceptors (Lipinski definition) is 3. The Morgan fingerprint density at radius 1 is 1.33 bits per heavy atom. The minimum atomic E-state index is -4.72. The van der Waals surface area contributed by atoms with E-state index in [2.05, 4.69) is 4.74 Å². The van der Waals surface area contributed by atoms with E-state index in [4.69, 9.17) is 5.73 Å². The fraction of sp³-hybridized carbons (Fsp3) is 0.300. The smallest absolute Gasteiger partial charge is 0.406 e. The van der Waals surface area contributed by atoms with Crippen molar-refractivity contribution in [2.24, 2.45) is 5.73 Å². The van der Waals surface area contributed by atoms with Gasteiger partial charge in [-0.3, -0.25) is 4.79 Å². The van der Waals surface area contributed by atoms with Crippen LogP contribution in [0, 0.1) is 0 Å². The largest absolute Gasteiger partial charge is 0.573 e. The first-order chi connectivity index (χ1) is 7.83. The number of halogens is 4. The SMILES string of the molecule is CN(C(=O)CN)c1ccc(OC(F)(F)F)cc1.Cl. The van der Waals surface area contributed by atoms with E-state index in [1.165, 1.54) is 24.1 Å². The molecule has 1 aromatic carbocycles. The Morgan fingerprint density at radius 3 is 2.22 bits per heavy atom. The van der Waals surface area contributed by atoms with E-state index in [9.17, 15) is 18.0 Å². The van der Waals surface area contributed by atoms with Gasteiger partial charge in [-0.05, 0) is 24.3 Å². The van der Waals surface area contributed by atoms with E-state index >= 15 is 0 Å². The zero-order valence-corrected chi connectivity index (χ0v) is 10.2. The van der Waals surface area contributed by atoms with Crippen molar-refractivity contribution in [1.82, 2.24) is 0 Å². The first-order valence-corrected chi connectivity index (χ1v) is 4.66. The van der Waals surface area contributed by atoms with Gasteiger partial charge in [0.1, 0.15) is 5.75 Å². The summed E-state index contributed by atoms with van der Waals surface area (Å²) in [5.41, 5.74) is 5.60. The monoisotopic (exact) mass is 284 g/mol. The van der Waals surface area contributed by atoms with Gasteiger partial charge in [0.2, 0.25) is 5.91 Å². The topological polar surface area (TPSA) is 55.6 Å². The maximum absolute atomic E-state index is 11.9. The van der Waals surface area contributed by atoms with Crippen LogP contribution in [0.5, 0.6) is 5.75 Å². The lowest BCUT2D eigenvalue weighted by Gasteiger charge is -2.17. The number of nitrogens with zero attached hydrogens (tertiary/aromatic N) is 1. The highest BCUT2D eigenvalue weighted by Gasteiger charge is 2.31. The molecule has 0 aromatic heterocycles. The number of alkyl halides is 3. The third kappa shape index (κ3) is 4.80. The Labute approximate surface area is 108 Å². The van der Waals surface area contributed by atoms with Gasteiger partial charge in [-0.2, -0.15) is 0 Å². The third-order valence-corrected chi connectivity index (χ3v) is 2.01. The number of ether oxygens (including phenoxy) is 1. The van der Waals surface area contributed by atoms with Gasteiger partial charge in [0, 0.05) is 12.7 Å². The number of nitrogens with two attached hydrogens (primary N) is 1. The van der Waals surface area contributed by atoms with Crippen LogP contribution in [-0.4, -0.2) is 25.9 Å². The molecule has 0 aliphatic rings. The summed E-state index contributed by atoms with van der Waals surface area (Å²) in [4.78, 5) is 12.5. The lowest BCUT2D eigenvalue weighted by Crippen LogP contribution is -2.32. The van der Waals surface area contributed by atoms with Crippen LogP contribution in [0.15, 0.2) is 24.3 Å². The van der Waals surface area contributed by atoms with Gasteiger partial charge in [-0.15, -0.1) is 25.6 Å². The molecule has 0 fully saturated rings. The molecule has 18 heavy (non-hydrogen) atoms.